The van der Waals surface area contributed by atoms with E-state index in [0.717, 1.165) is 25.3 Å². The van der Waals surface area contributed by atoms with E-state index in [4.69, 9.17) is 17.0 Å². The van der Waals surface area contributed by atoms with Crippen molar-refractivity contribution in [2.24, 2.45) is 5.92 Å². The lowest BCUT2D eigenvalue weighted by molar-refractivity contribution is 0.128. The molecule has 0 saturated carbocycles. The van der Waals surface area contributed by atoms with Crippen molar-refractivity contribution >= 4 is 23.0 Å². The average molecular weight is 266 g/mol. The normalized spacial score (nSPS) is 10.4. The standard InChI is InChI=1S/C14H22N2OS/c1-12(2)8-10-17-11-9-15-14(18)16-13-6-4-3-5-7-13/h3-7,12H,8-11H2,1-2H3,(H2,15,16,18). The minimum atomic E-state index is 0.633. The Labute approximate surface area is 115 Å². The lowest BCUT2D eigenvalue weighted by atomic mass is 10.1. The zero-order valence-corrected chi connectivity index (χ0v) is 11.9. The highest BCUT2D eigenvalue weighted by molar-refractivity contribution is 7.80. The molecular weight excluding hydrogens is 244 g/mol. The first-order valence-corrected chi connectivity index (χ1v) is 6.77. The highest BCUT2D eigenvalue weighted by atomic mass is 32.1. The van der Waals surface area contributed by atoms with Crippen molar-refractivity contribution in [3.05, 3.63) is 30.3 Å². The molecule has 0 spiro atoms. The third-order valence-electron chi connectivity index (χ3n) is 2.40. The molecule has 0 atom stereocenters. The summed E-state index contributed by atoms with van der Waals surface area (Å²) in [7, 11) is 0. The first kappa shape index (κ1) is 14.9. The van der Waals surface area contributed by atoms with Gasteiger partial charge in [0, 0.05) is 18.8 Å². The molecule has 1 aromatic rings. The summed E-state index contributed by atoms with van der Waals surface area (Å²) in [5, 5.41) is 6.86. The molecule has 0 aliphatic heterocycles. The number of benzene rings is 1. The van der Waals surface area contributed by atoms with Crippen LogP contribution in [0.2, 0.25) is 0 Å². The zero-order valence-electron chi connectivity index (χ0n) is 11.1. The number of para-hydroxylation sites is 1. The van der Waals surface area contributed by atoms with Gasteiger partial charge in [-0.2, -0.15) is 0 Å². The molecule has 2 N–H and O–H groups in total. The van der Waals surface area contributed by atoms with E-state index in [0.29, 0.717) is 17.6 Å². The van der Waals surface area contributed by atoms with Gasteiger partial charge < -0.3 is 15.4 Å². The predicted octanol–water partition coefficient (Wildman–Crippen LogP) is 3.04. The SMILES string of the molecule is CC(C)CCOCCNC(=S)Nc1ccccc1. The van der Waals surface area contributed by atoms with Gasteiger partial charge in [-0.05, 0) is 36.7 Å². The summed E-state index contributed by atoms with van der Waals surface area (Å²) >= 11 is 5.18. The molecule has 0 aliphatic rings. The highest BCUT2D eigenvalue weighted by Gasteiger charge is 1.97. The second-order valence-electron chi connectivity index (χ2n) is 4.54. The number of hydrogen-bond donors (Lipinski definition) is 2. The molecule has 0 aromatic heterocycles. The van der Waals surface area contributed by atoms with Gasteiger partial charge >= 0.3 is 0 Å². The van der Waals surface area contributed by atoms with Crippen molar-refractivity contribution < 1.29 is 4.74 Å². The Morgan fingerprint density at radius 1 is 1.22 bits per heavy atom. The number of hydrogen-bond acceptors (Lipinski definition) is 2. The molecule has 4 heteroatoms. The van der Waals surface area contributed by atoms with Crippen LogP contribution in [-0.4, -0.2) is 24.9 Å². The smallest absolute Gasteiger partial charge is 0.170 e. The summed E-state index contributed by atoms with van der Waals surface area (Å²) in [6, 6.07) is 9.88. The van der Waals surface area contributed by atoms with E-state index < -0.39 is 0 Å². The first-order chi connectivity index (χ1) is 8.68. The van der Waals surface area contributed by atoms with Crippen molar-refractivity contribution in [3.63, 3.8) is 0 Å². The maximum atomic E-state index is 5.50. The van der Waals surface area contributed by atoms with E-state index in [9.17, 15) is 0 Å². The van der Waals surface area contributed by atoms with Crippen LogP contribution in [0.4, 0.5) is 5.69 Å². The van der Waals surface area contributed by atoms with E-state index in [1.54, 1.807) is 0 Å². The number of ether oxygens (including phenoxy) is 1. The largest absolute Gasteiger partial charge is 0.380 e. The molecular formula is C14H22N2OS. The van der Waals surface area contributed by atoms with Crippen LogP contribution in [0.5, 0.6) is 0 Å². The Balaban J connectivity index is 2.04. The van der Waals surface area contributed by atoms with Crippen LogP contribution < -0.4 is 10.6 Å². The van der Waals surface area contributed by atoms with Crippen LogP contribution in [0.25, 0.3) is 0 Å². The fourth-order valence-corrected chi connectivity index (χ4v) is 1.57. The first-order valence-electron chi connectivity index (χ1n) is 6.36. The fourth-order valence-electron chi connectivity index (χ4n) is 1.35. The van der Waals surface area contributed by atoms with Gasteiger partial charge in [0.15, 0.2) is 5.11 Å². The van der Waals surface area contributed by atoms with Gasteiger partial charge in [-0.15, -0.1) is 0 Å². The van der Waals surface area contributed by atoms with Crippen LogP contribution >= 0.6 is 12.2 Å². The van der Waals surface area contributed by atoms with Gasteiger partial charge in [0.1, 0.15) is 0 Å². The Bertz CT molecular complexity index is 341. The van der Waals surface area contributed by atoms with Crippen molar-refractivity contribution in [2.75, 3.05) is 25.1 Å². The molecule has 1 aromatic carbocycles. The summed E-state index contributed by atoms with van der Waals surface area (Å²) in [6.07, 6.45) is 1.10. The fraction of sp³-hybridized carbons (Fsp3) is 0.500. The van der Waals surface area contributed by atoms with Crippen LogP contribution in [0.1, 0.15) is 20.3 Å². The molecule has 0 saturated heterocycles. The summed E-state index contributed by atoms with van der Waals surface area (Å²) < 4.78 is 5.50. The Kier molecular flexibility index (Phi) is 7.37. The van der Waals surface area contributed by atoms with Gasteiger partial charge in [0.05, 0.1) is 6.61 Å². The molecule has 0 aliphatic carbocycles. The van der Waals surface area contributed by atoms with Crippen molar-refractivity contribution in [1.29, 1.82) is 0 Å². The number of nitrogens with one attached hydrogen (secondary N) is 2. The number of thiocarbonyl (C=S) groups is 1. The van der Waals surface area contributed by atoms with E-state index in [-0.39, 0.29) is 0 Å². The Hall–Kier alpha value is -1.13. The van der Waals surface area contributed by atoms with Gasteiger partial charge in [-0.3, -0.25) is 0 Å². The average Bonchev–Trinajstić information content (AvgIpc) is 2.34. The lowest BCUT2D eigenvalue weighted by Crippen LogP contribution is -2.31. The monoisotopic (exact) mass is 266 g/mol. The van der Waals surface area contributed by atoms with Crippen molar-refractivity contribution in [3.8, 4) is 0 Å². The molecule has 100 valence electrons. The molecule has 0 bridgehead atoms. The van der Waals surface area contributed by atoms with Gasteiger partial charge in [0.25, 0.3) is 0 Å². The van der Waals surface area contributed by atoms with Gasteiger partial charge in [-0.25, -0.2) is 0 Å². The van der Waals surface area contributed by atoms with Crippen LogP contribution in [0.15, 0.2) is 30.3 Å². The Morgan fingerprint density at radius 2 is 1.94 bits per heavy atom. The highest BCUT2D eigenvalue weighted by Crippen LogP contribution is 2.04. The summed E-state index contributed by atoms with van der Waals surface area (Å²) in [5.74, 6) is 0.693. The van der Waals surface area contributed by atoms with Gasteiger partial charge in [-0.1, -0.05) is 32.0 Å². The summed E-state index contributed by atoms with van der Waals surface area (Å²) in [5.41, 5.74) is 0.996. The molecule has 0 unspecified atom stereocenters. The molecule has 0 amide bonds. The molecule has 18 heavy (non-hydrogen) atoms. The van der Waals surface area contributed by atoms with E-state index in [1.165, 1.54) is 0 Å². The number of rotatable bonds is 7. The Morgan fingerprint density at radius 3 is 2.61 bits per heavy atom. The topological polar surface area (TPSA) is 33.3 Å². The molecule has 0 fully saturated rings. The molecule has 0 radical (unpaired) electrons. The van der Waals surface area contributed by atoms with Crippen molar-refractivity contribution in [2.45, 2.75) is 20.3 Å². The molecule has 3 nitrogen and oxygen atoms in total. The maximum absolute atomic E-state index is 5.50. The third kappa shape index (κ3) is 7.25. The molecule has 0 heterocycles. The summed E-state index contributed by atoms with van der Waals surface area (Å²) in [6.45, 7) is 6.62. The van der Waals surface area contributed by atoms with E-state index in [2.05, 4.69) is 24.5 Å². The number of anilines is 1. The van der Waals surface area contributed by atoms with Crippen molar-refractivity contribution in [1.82, 2.24) is 5.32 Å². The second-order valence-corrected chi connectivity index (χ2v) is 4.95. The summed E-state index contributed by atoms with van der Waals surface area (Å²) in [4.78, 5) is 0. The minimum absolute atomic E-state index is 0.633. The van der Waals surface area contributed by atoms with Crippen LogP contribution in [0, 0.1) is 5.92 Å². The van der Waals surface area contributed by atoms with Gasteiger partial charge in [0.2, 0.25) is 0 Å². The third-order valence-corrected chi connectivity index (χ3v) is 2.65. The van der Waals surface area contributed by atoms with E-state index in [1.807, 2.05) is 30.3 Å². The van der Waals surface area contributed by atoms with E-state index >= 15 is 0 Å². The molecule has 1 rings (SSSR count). The lowest BCUT2D eigenvalue weighted by Gasteiger charge is -2.11. The zero-order chi connectivity index (χ0) is 13.2. The predicted molar refractivity (Wildman–Crippen MR) is 80.9 cm³/mol. The van der Waals surface area contributed by atoms with Crippen LogP contribution in [0.3, 0.4) is 0 Å². The second kappa shape index (κ2) is 8.89. The van der Waals surface area contributed by atoms with Crippen LogP contribution in [-0.2, 0) is 4.74 Å². The quantitative estimate of drug-likeness (QED) is 0.587. The maximum Gasteiger partial charge on any atom is 0.170 e. The minimum Gasteiger partial charge on any atom is -0.380 e.